The molecule has 4 N–H and O–H groups in total. The van der Waals surface area contributed by atoms with E-state index in [1.807, 2.05) is 18.4 Å². The number of carbonyl (C=O) groups excluding carboxylic acids is 3. The van der Waals surface area contributed by atoms with Gasteiger partial charge in [0.25, 0.3) is 11.8 Å². The van der Waals surface area contributed by atoms with Crippen molar-refractivity contribution in [2.45, 2.75) is 84.2 Å². The average Bonchev–Trinajstić information content (AvgIpc) is 3.77. The number of benzene rings is 1. The number of aryl methyl sites for hydroxylation is 1. The molecule has 0 radical (unpaired) electrons. The number of amides is 2. The molecule has 55 heavy (non-hydrogen) atoms. The fraction of sp³-hybridized carbons (Fsp3) is 0.415. The highest BCUT2D eigenvalue weighted by atomic mass is 32.1. The molecule has 14 heteroatoms. The van der Waals surface area contributed by atoms with Crippen LogP contribution in [0.4, 0.5) is 0 Å². The quantitative estimate of drug-likeness (QED) is 0.186. The summed E-state index contributed by atoms with van der Waals surface area (Å²) in [7, 11) is 1.69. The van der Waals surface area contributed by atoms with Crippen LogP contribution in [0.3, 0.4) is 0 Å². The van der Waals surface area contributed by atoms with Gasteiger partial charge in [-0.1, -0.05) is 26.0 Å². The summed E-state index contributed by atoms with van der Waals surface area (Å²) in [6.45, 7) is 9.52. The first kappa shape index (κ1) is 38.3. The van der Waals surface area contributed by atoms with E-state index >= 15 is 0 Å². The van der Waals surface area contributed by atoms with Crippen molar-refractivity contribution >= 4 is 40.0 Å². The van der Waals surface area contributed by atoms with Gasteiger partial charge in [0, 0.05) is 71.8 Å². The molecule has 3 atom stereocenters. The lowest BCUT2D eigenvalue weighted by molar-refractivity contribution is -0.153. The Labute approximate surface area is 324 Å². The van der Waals surface area contributed by atoms with E-state index in [9.17, 15) is 14.4 Å². The van der Waals surface area contributed by atoms with Crippen molar-refractivity contribution in [2.24, 2.45) is 11.1 Å². The predicted octanol–water partition coefficient (Wildman–Crippen LogP) is 5.59. The van der Waals surface area contributed by atoms with Gasteiger partial charge in [-0.25, -0.2) is 10.4 Å². The van der Waals surface area contributed by atoms with Crippen molar-refractivity contribution in [3.05, 3.63) is 88.3 Å². The molecule has 13 nitrogen and oxygen atoms in total. The third kappa shape index (κ3) is 8.04. The van der Waals surface area contributed by atoms with Gasteiger partial charge in [-0.3, -0.25) is 29.4 Å². The number of nitrogens with one attached hydrogen (secondary N) is 2. The zero-order valence-corrected chi connectivity index (χ0v) is 32.7. The van der Waals surface area contributed by atoms with Gasteiger partial charge in [-0.05, 0) is 75.1 Å². The first-order chi connectivity index (χ1) is 26.4. The highest BCUT2D eigenvalue weighted by molar-refractivity contribution is 7.10. The Balaban J connectivity index is 1.36. The van der Waals surface area contributed by atoms with Crippen LogP contribution in [-0.4, -0.2) is 74.3 Å². The van der Waals surface area contributed by atoms with Gasteiger partial charge >= 0.3 is 5.97 Å². The Hall–Kier alpha value is -5.02. The molecule has 0 spiro atoms. The lowest BCUT2D eigenvalue weighted by atomic mass is 9.84. The van der Waals surface area contributed by atoms with Crippen LogP contribution in [0.1, 0.15) is 79.8 Å². The summed E-state index contributed by atoms with van der Waals surface area (Å²) < 4.78 is 14.1. The van der Waals surface area contributed by atoms with E-state index in [-0.39, 0.29) is 37.2 Å². The smallest absolute Gasteiger partial charge is 0.309 e. The molecule has 1 saturated heterocycles. The fourth-order valence-corrected chi connectivity index (χ4v) is 8.47. The van der Waals surface area contributed by atoms with Crippen molar-refractivity contribution in [3.63, 3.8) is 0 Å². The van der Waals surface area contributed by atoms with Crippen molar-refractivity contribution < 1.29 is 23.9 Å². The van der Waals surface area contributed by atoms with Crippen LogP contribution in [0.15, 0.2) is 66.3 Å². The van der Waals surface area contributed by atoms with E-state index in [2.05, 4.69) is 65.3 Å². The van der Waals surface area contributed by atoms with Crippen LogP contribution in [-0.2, 0) is 38.4 Å². The molecule has 6 heterocycles. The third-order valence-electron chi connectivity index (χ3n) is 10.4. The zero-order valence-electron chi connectivity index (χ0n) is 31.9. The summed E-state index contributed by atoms with van der Waals surface area (Å²) in [4.78, 5) is 55.1. The van der Waals surface area contributed by atoms with Crippen molar-refractivity contribution in [2.75, 3.05) is 20.3 Å². The maximum Gasteiger partial charge on any atom is 0.309 e. The Morgan fingerprint density at radius 3 is 2.73 bits per heavy atom. The summed E-state index contributed by atoms with van der Waals surface area (Å²) in [5, 5.41) is 8.03. The Bertz CT molecular complexity index is 2220. The summed E-state index contributed by atoms with van der Waals surface area (Å²) in [5.41, 5.74) is 15.1. The topological polar surface area (TPSA) is 167 Å². The van der Waals surface area contributed by atoms with Crippen LogP contribution >= 0.6 is 11.3 Å². The number of nitrogens with two attached hydrogens (primary N) is 1. The minimum absolute atomic E-state index is 0.138. The van der Waals surface area contributed by atoms with Crippen LogP contribution in [0.2, 0.25) is 0 Å². The Morgan fingerprint density at radius 2 is 1.96 bits per heavy atom. The second-order valence-corrected chi connectivity index (χ2v) is 16.2. The van der Waals surface area contributed by atoms with Gasteiger partial charge in [0.1, 0.15) is 11.7 Å². The maximum atomic E-state index is 14.2. The molecule has 1 fully saturated rings. The lowest BCUT2D eigenvalue weighted by Gasteiger charge is -2.42. The summed E-state index contributed by atoms with van der Waals surface area (Å²) in [6.07, 6.45) is 4.66. The summed E-state index contributed by atoms with van der Waals surface area (Å²) >= 11 is 1.43. The number of esters is 1. The molecule has 0 saturated carbocycles. The minimum atomic E-state index is -1.23. The number of rotatable bonds is 6. The maximum absolute atomic E-state index is 14.2. The second kappa shape index (κ2) is 15.6. The van der Waals surface area contributed by atoms with E-state index in [1.54, 1.807) is 31.5 Å². The van der Waals surface area contributed by atoms with Gasteiger partial charge in [0.05, 0.1) is 46.9 Å². The van der Waals surface area contributed by atoms with Crippen LogP contribution < -0.4 is 16.5 Å². The van der Waals surface area contributed by atoms with E-state index in [4.69, 9.17) is 25.2 Å². The number of aromatic nitrogens is 4. The number of pyridine rings is 2. The highest BCUT2D eigenvalue weighted by Crippen LogP contribution is 2.42. The van der Waals surface area contributed by atoms with Gasteiger partial charge in [-0.15, -0.1) is 11.3 Å². The second-order valence-electron chi connectivity index (χ2n) is 15.2. The molecule has 6 bridgehead atoms. The van der Waals surface area contributed by atoms with Crippen LogP contribution in [0, 0.1) is 5.41 Å². The molecule has 2 aliphatic rings. The largest absolute Gasteiger partial charge is 0.465 e. The first-order valence-corrected chi connectivity index (χ1v) is 19.6. The molecule has 0 unspecified atom stereocenters. The first-order valence-electron chi connectivity index (χ1n) is 18.7. The number of cyclic esters (lactones) is 1. The third-order valence-corrected chi connectivity index (χ3v) is 11.3. The molecule has 5 aromatic rings. The van der Waals surface area contributed by atoms with Crippen LogP contribution in [0.5, 0.6) is 0 Å². The molecular formula is C41H48N8O5S. The van der Waals surface area contributed by atoms with Gasteiger partial charge < -0.3 is 25.1 Å². The Morgan fingerprint density at radius 1 is 1.15 bits per heavy atom. The highest BCUT2D eigenvalue weighted by Gasteiger charge is 2.39. The molecular weight excluding hydrogens is 717 g/mol. The molecule has 1 aromatic carbocycles. The molecule has 2 amide bonds. The summed E-state index contributed by atoms with van der Waals surface area (Å²) in [6, 6.07) is 14.5. The summed E-state index contributed by atoms with van der Waals surface area (Å²) in [5.74, 6) is -1.34. The van der Waals surface area contributed by atoms with E-state index in [1.165, 1.54) is 22.5 Å². The number of carbonyl (C=O) groups is 3. The van der Waals surface area contributed by atoms with Crippen molar-refractivity contribution in [1.82, 2.24) is 35.3 Å². The van der Waals surface area contributed by atoms with E-state index in [0.29, 0.717) is 37.4 Å². The van der Waals surface area contributed by atoms with Gasteiger partial charge in [0.2, 0.25) is 0 Å². The molecule has 4 aromatic heterocycles. The number of hydrazine groups is 1. The van der Waals surface area contributed by atoms with Crippen LogP contribution in [0.25, 0.3) is 33.4 Å². The lowest BCUT2D eigenvalue weighted by Crippen LogP contribution is -2.68. The number of hydrogen-bond donors (Lipinski definition) is 3. The number of methoxy groups -OCH3 is 1. The number of nitrogens with zero attached hydrogens (tertiary/aromatic N) is 5. The molecule has 7 rings (SSSR count). The van der Waals surface area contributed by atoms with Crippen molar-refractivity contribution in [3.8, 4) is 22.5 Å². The predicted molar refractivity (Wildman–Crippen MR) is 211 cm³/mol. The molecule has 2 aliphatic heterocycles. The standard InChI is InChI=1S/C41H48N8O5S/c1-6-48-33-14-13-26-19-28(33)29(37(48)27-11-9-17-44-36(27)25(2)53-5)21-40(3,4)24-54-35(50)22-41(42)15-10-18-49(47-41)39(52)31(20-34-45-32(26)23-55-34)46-38(51)30-12-7-8-16-43-30/h7-9,11-14,16-17,19,23,25,31,47H,6,10,15,18,20-22,24,42H2,1-5H3,(H,46,51)/t25-,31-,41+/m0/s1. The Kier molecular flexibility index (Phi) is 10.9. The number of thiazole rings is 1. The van der Waals surface area contributed by atoms with Crippen molar-refractivity contribution in [1.29, 1.82) is 0 Å². The fourth-order valence-electron chi connectivity index (χ4n) is 7.62. The van der Waals surface area contributed by atoms with E-state index in [0.717, 1.165) is 44.7 Å². The van der Waals surface area contributed by atoms with E-state index < -0.39 is 29.0 Å². The zero-order chi connectivity index (χ0) is 38.9. The monoisotopic (exact) mass is 764 g/mol. The number of hydrogen-bond acceptors (Lipinski definition) is 11. The SMILES string of the molecule is CCn1c(-c2cccnc2[C@H](C)OC)c2c3cc(ccc31)-c1csc(n1)C[C@H](NC(=O)c1ccccn1)C(=O)N1CCC[C@](N)(CC(=O)OCC(C)(C)C2)N1. The average molecular weight is 765 g/mol. The normalized spacial score (nSPS) is 21.1. The number of fused-ring (bicyclic) bond motifs is 6. The minimum Gasteiger partial charge on any atom is -0.465 e. The molecule has 288 valence electrons. The van der Waals surface area contributed by atoms with Gasteiger partial charge in [-0.2, -0.15) is 0 Å². The number of ether oxygens (including phenoxy) is 2. The molecule has 0 aliphatic carbocycles. The van der Waals surface area contributed by atoms with Gasteiger partial charge in [0.15, 0.2) is 0 Å².